The first-order valence-electron chi connectivity index (χ1n) is 2.78. The lowest BCUT2D eigenvalue weighted by Crippen LogP contribution is -2.40. The maximum atomic E-state index is 10.5. The molecule has 2 N–H and O–H groups in total. The van der Waals surface area contributed by atoms with Gasteiger partial charge >= 0.3 is 0 Å². The number of alkyl halides is 1. The average molecular weight is 165 g/mol. The van der Waals surface area contributed by atoms with Crippen molar-refractivity contribution >= 4 is 23.4 Å². The van der Waals surface area contributed by atoms with Gasteiger partial charge in [0.25, 0.3) is 0 Å². The van der Waals surface area contributed by atoms with Crippen LogP contribution in [-0.2, 0) is 9.59 Å². The Hall–Kier alpha value is -0.770. The summed E-state index contributed by atoms with van der Waals surface area (Å²) < 4.78 is 0. The molecule has 0 atom stereocenters. The lowest BCUT2D eigenvalue weighted by molar-refractivity contribution is -0.127. The second kappa shape index (κ2) is 5.05. The number of rotatable bonds is 2. The molecule has 0 bridgehead atoms. The van der Waals surface area contributed by atoms with Crippen LogP contribution < -0.4 is 10.9 Å². The van der Waals surface area contributed by atoms with Crippen molar-refractivity contribution < 1.29 is 9.59 Å². The van der Waals surface area contributed by atoms with Crippen LogP contribution in [0.2, 0.25) is 0 Å². The number of hydrogen-bond donors (Lipinski definition) is 2. The second-order valence-electron chi connectivity index (χ2n) is 1.67. The molecule has 0 fully saturated rings. The summed E-state index contributed by atoms with van der Waals surface area (Å²) >= 11 is 5.24. The van der Waals surface area contributed by atoms with Crippen molar-refractivity contribution in [2.75, 3.05) is 5.88 Å². The largest absolute Gasteiger partial charge is 0.274 e. The topological polar surface area (TPSA) is 58.2 Å². The highest BCUT2D eigenvalue weighted by molar-refractivity contribution is 6.18. The van der Waals surface area contributed by atoms with E-state index in [0.717, 1.165) is 0 Å². The molecule has 0 saturated heterocycles. The second-order valence-corrected chi connectivity index (χ2v) is 2.05. The van der Waals surface area contributed by atoms with E-state index in [0.29, 0.717) is 0 Å². The fourth-order valence-electron chi connectivity index (χ4n) is 0.306. The van der Waals surface area contributed by atoms with E-state index in [9.17, 15) is 9.59 Å². The molecule has 0 heterocycles. The van der Waals surface area contributed by atoms with Gasteiger partial charge in [-0.25, -0.2) is 0 Å². The van der Waals surface area contributed by atoms with Gasteiger partial charge in [-0.1, -0.05) is 0 Å². The van der Waals surface area contributed by atoms with E-state index in [-0.39, 0.29) is 24.1 Å². The summed E-state index contributed by atoms with van der Waals surface area (Å²) in [7, 11) is 0. The van der Waals surface area contributed by atoms with Gasteiger partial charge < -0.3 is 0 Å². The Morgan fingerprint density at radius 2 is 2.00 bits per heavy atom. The molecule has 0 aliphatic rings. The van der Waals surface area contributed by atoms with Gasteiger partial charge in [0.2, 0.25) is 11.8 Å². The van der Waals surface area contributed by atoms with Gasteiger partial charge in [0.05, 0.1) is 0 Å². The van der Waals surface area contributed by atoms with Crippen LogP contribution in [-0.4, -0.2) is 17.7 Å². The third kappa shape index (κ3) is 5.37. The molecule has 4 nitrogen and oxygen atoms in total. The predicted octanol–water partition coefficient (Wildman–Crippen LogP) is -0.217. The highest BCUT2D eigenvalue weighted by Gasteiger charge is 1.97. The molecule has 0 aliphatic heterocycles. The quantitative estimate of drug-likeness (QED) is 0.438. The fourth-order valence-corrected chi connectivity index (χ4v) is 0.478. The lowest BCUT2D eigenvalue weighted by atomic mass is 10.5. The van der Waals surface area contributed by atoms with Crippen LogP contribution in [0.4, 0.5) is 0 Å². The smallest absolute Gasteiger partial charge is 0.239 e. The third-order valence-electron chi connectivity index (χ3n) is 0.700. The summed E-state index contributed by atoms with van der Waals surface area (Å²) in [4.78, 5) is 20.7. The van der Waals surface area contributed by atoms with Gasteiger partial charge in [0.1, 0.15) is 0 Å². The SMILES string of the molecule is CC(=O)NNC(=O)CCCl. The van der Waals surface area contributed by atoms with Crippen LogP contribution in [0.5, 0.6) is 0 Å². The molecule has 0 unspecified atom stereocenters. The summed E-state index contributed by atoms with van der Waals surface area (Å²) in [5.41, 5.74) is 4.29. The molecule has 0 saturated carbocycles. The normalized spacial score (nSPS) is 8.60. The average Bonchev–Trinajstić information content (AvgIpc) is 1.85. The molecular weight excluding hydrogens is 156 g/mol. The number of nitrogens with one attached hydrogen (secondary N) is 2. The van der Waals surface area contributed by atoms with Crippen LogP contribution in [0.15, 0.2) is 0 Å². The summed E-state index contributed by atoms with van der Waals surface area (Å²) in [6.07, 6.45) is 0.210. The summed E-state index contributed by atoms with van der Waals surface area (Å²) in [5.74, 6) is -0.334. The third-order valence-corrected chi connectivity index (χ3v) is 0.888. The highest BCUT2D eigenvalue weighted by Crippen LogP contribution is 1.81. The van der Waals surface area contributed by atoms with Crippen molar-refractivity contribution in [3.8, 4) is 0 Å². The molecule has 0 aromatic carbocycles. The zero-order valence-corrected chi connectivity index (χ0v) is 6.36. The van der Waals surface area contributed by atoms with Crippen molar-refractivity contribution in [1.29, 1.82) is 0 Å². The number of amides is 2. The minimum absolute atomic E-state index is 0.210. The Balaban J connectivity index is 3.30. The van der Waals surface area contributed by atoms with E-state index in [4.69, 9.17) is 11.6 Å². The van der Waals surface area contributed by atoms with Gasteiger partial charge in [-0.05, 0) is 0 Å². The maximum Gasteiger partial charge on any atom is 0.239 e. The summed E-state index contributed by atoms with van der Waals surface area (Å²) in [6.45, 7) is 1.31. The Morgan fingerprint density at radius 3 is 2.40 bits per heavy atom. The molecule has 0 spiro atoms. The van der Waals surface area contributed by atoms with Gasteiger partial charge in [0, 0.05) is 19.2 Å². The first-order valence-corrected chi connectivity index (χ1v) is 3.31. The van der Waals surface area contributed by atoms with Gasteiger partial charge in [-0.2, -0.15) is 0 Å². The monoisotopic (exact) mass is 164 g/mol. The first kappa shape index (κ1) is 9.23. The minimum Gasteiger partial charge on any atom is -0.274 e. The molecule has 0 rings (SSSR count). The zero-order valence-electron chi connectivity index (χ0n) is 5.61. The fraction of sp³-hybridized carbons (Fsp3) is 0.600. The molecule has 0 aromatic rings. The van der Waals surface area contributed by atoms with E-state index in [1.54, 1.807) is 0 Å². The molecule has 0 aromatic heterocycles. The van der Waals surface area contributed by atoms with Crippen molar-refractivity contribution in [2.24, 2.45) is 0 Å². The van der Waals surface area contributed by atoms with Gasteiger partial charge in [-0.15, -0.1) is 11.6 Å². The molecule has 0 radical (unpaired) electrons. The lowest BCUT2D eigenvalue weighted by Gasteiger charge is -2.01. The minimum atomic E-state index is -0.303. The maximum absolute atomic E-state index is 10.5. The molecule has 0 aliphatic carbocycles. The zero-order chi connectivity index (χ0) is 7.98. The number of halogens is 1. The van der Waals surface area contributed by atoms with Crippen LogP contribution in [0.25, 0.3) is 0 Å². The molecule has 58 valence electrons. The summed E-state index contributed by atoms with van der Waals surface area (Å²) in [6, 6.07) is 0. The molecular formula is C5H9ClN2O2. The molecule has 10 heavy (non-hydrogen) atoms. The van der Waals surface area contributed by atoms with Crippen molar-refractivity contribution in [3.63, 3.8) is 0 Å². The summed E-state index contributed by atoms with van der Waals surface area (Å²) in [5, 5.41) is 0. The van der Waals surface area contributed by atoms with Gasteiger partial charge in [0.15, 0.2) is 0 Å². The molecule has 5 heteroatoms. The first-order chi connectivity index (χ1) is 4.66. The predicted molar refractivity (Wildman–Crippen MR) is 37.3 cm³/mol. The number of hydrazine groups is 1. The number of hydrogen-bond acceptors (Lipinski definition) is 2. The Morgan fingerprint density at radius 1 is 1.40 bits per heavy atom. The van der Waals surface area contributed by atoms with E-state index < -0.39 is 0 Å². The number of carbonyl (C=O) groups excluding carboxylic acids is 2. The van der Waals surface area contributed by atoms with Crippen molar-refractivity contribution in [1.82, 2.24) is 10.9 Å². The number of carbonyl (C=O) groups is 2. The Kier molecular flexibility index (Phi) is 4.66. The van der Waals surface area contributed by atoms with Crippen molar-refractivity contribution in [2.45, 2.75) is 13.3 Å². The van der Waals surface area contributed by atoms with Crippen LogP contribution in [0.1, 0.15) is 13.3 Å². The standard InChI is InChI=1S/C5H9ClN2O2/c1-4(9)7-8-5(10)2-3-6/h2-3H2,1H3,(H,7,9)(H,8,10). The van der Waals surface area contributed by atoms with Crippen LogP contribution in [0, 0.1) is 0 Å². The van der Waals surface area contributed by atoms with Crippen LogP contribution >= 0.6 is 11.6 Å². The van der Waals surface area contributed by atoms with E-state index in [1.807, 2.05) is 0 Å². The van der Waals surface area contributed by atoms with E-state index in [2.05, 4.69) is 10.9 Å². The van der Waals surface area contributed by atoms with E-state index >= 15 is 0 Å². The van der Waals surface area contributed by atoms with E-state index in [1.165, 1.54) is 6.92 Å². The molecule has 2 amide bonds. The van der Waals surface area contributed by atoms with Crippen molar-refractivity contribution in [3.05, 3.63) is 0 Å². The Bertz CT molecular complexity index is 138. The van der Waals surface area contributed by atoms with Gasteiger partial charge in [-0.3, -0.25) is 20.4 Å². The Labute approximate surface area is 63.9 Å². The van der Waals surface area contributed by atoms with Crippen LogP contribution in [0.3, 0.4) is 0 Å². The highest BCUT2D eigenvalue weighted by atomic mass is 35.5.